The highest BCUT2D eigenvalue weighted by molar-refractivity contribution is 6.10. The molecule has 1 saturated heterocycles. The highest BCUT2D eigenvalue weighted by Crippen LogP contribution is 2.19. The number of carbonyl (C=O) groups excluding carboxylic acids is 5. The molecule has 10 nitrogen and oxygen atoms in total. The molecule has 0 spiro atoms. The zero-order valence-corrected chi connectivity index (χ0v) is 21.3. The van der Waals surface area contributed by atoms with Crippen molar-refractivity contribution in [2.45, 2.75) is 65.0 Å². The van der Waals surface area contributed by atoms with Crippen LogP contribution in [0, 0.1) is 6.92 Å². The molecule has 36 heavy (non-hydrogen) atoms. The monoisotopic (exact) mass is 499 g/mol. The molecule has 4 N–H and O–H groups in total. The molecule has 2 atom stereocenters. The molecule has 1 aliphatic heterocycles. The Kier molecular flexibility index (Phi) is 10.9. The number of nitrogens with two attached hydrogens (primary N) is 1. The van der Waals surface area contributed by atoms with Gasteiger partial charge in [-0.05, 0) is 51.8 Å². The van der Waals surface area contributed by atoms with Gasteiger partial charge in [0.15, 0.2) is 0 Å². The van der Waals surface area contributed by atoms with Crippen molar-refractivity contribution in [3.63, 3.8) is 0 Å². The van der Waals surface area contributed by atoms with Crippen LogP contribution < -0.4 is 16.4 Å². The first-order valence-electron chi connectivity index (χ1n) is 12.3. The van der Waals surface area contributed by atoms with E-state index < -0.39 is 54.7 Å². The molecule has 2 unspecified atom stereocenters. The van der Waals surface area contributed by atoms with Crippen LogP contribution >= 0.6 is 0 Å². The minimum Gasteiger partial charge on any atom is -0.324 e. The number of nitrogens with one attached hydrogen (secondary N) is 2. The fraction of sp³-hybridized carbons (Fsp3) is 0.500. The predicted molar refractivity (Wildman–Crippen MR) is 137 cm³/mol. The summed E-state index contributed by atoms with van der Waals surface area (Å²) in [5.74, 6) is -3.45. The van der Waals surface area contributed by atoms with Crippen molar-refractivity contribution in [3.8, 4) is 0 Å². The van der Waals surface area contributed by atoms with Gasteiger partial charge < -0.3 is 16.4 Å². The fourth-order valence-electron chi connectivity index (χ4n) is 3.98. The van der Waals surface area contributed by atoms with Crippen molar-refractivity contribution in [3.05, 3.63) is 42.0 Å². The quantitative estimate of drug-likeness (QED) is 0.392. The highest BCUT2D eigenvalue weighted by atomic mass is 16.2. The number of amides is 5. The molecule has 5 amide bonds. The van der Waals surface area contributed by atoms with Crippen molar-refractivity contribution in [1.29, 1.82) is 0 Å². The third-order valence-electron chi connectivity index (χ3n) is 6.01. The Labute approximate surface area is 212 Å². The van der Waals surface area contributed by atoms with Crippen molar-refractivity contribution in [2.75, 3.05) is 25.0 Å². The lowest BCUT2D eigenvalue weighted by Gasteiger charge is -2.33. The Hall–Kier alpha value is -3.37. The van der Waals surface area contributed by atoms with Crippen molar-refractivity contribution >= 4 is 35.2 Å². The largest absolute Gasteiger partial charge is 0.324 e. The molecule has 0 saturated carbocycles. The number of carbonyl (C=O) groups is 5. The number of aryl methyl sites for hydroxylation is 1. The molecule has 0 radical (unpaired) electrons. The maximum Gasteiger partial charge on any atom is 0.256 e. The van der Waals surface area contributed by atoms with E-state index in [4.69, 9.17) is 5.73 Å². The van der Waals surface area contributed by atoms with Gasteiger partial charge in [-0.3, -0.25) is 33.8 Å². The van der Waals surface area contributed by atoms with E-state index in [1.165, 1.54) is 6.92 Å². The lowest BCUT2D eigenvalue weighted by atomic mass is 10.0. The zero-order chi connectivity index (χ0) is 26.8. The van der Waals surface area contributed by atoms with E-state index in [0.29, 0.717) is 30.0 Å². The molecule has 1 aliphatic rings. The van der Waals surface area contributed by atoms with Crippen molar-refractivity contribution in [2.24, 2.45) is 5.73 Å². The number of rotatable bonds is 11. The predicted octanol–water partition coefficient (Wildman–Crippen LogP) is 1.49. The molecule has 0 aromatic heterocycles. The summed E-state index contributed by atoms with van der Waals surface area (Å²) in [5, 5.41) is 5.87. The van der Waals surface area contributed by atoms with Gasteiger partial charge in [-0.25, -0.2) is 0 Å². The van der Waals surface area contributed by atoms with E-state index in [-0.39, 0.29) is 12.0 Å². The van der Waals surface area contributed by atoms with Gasteiger partial charge in [-0.2, -0.15) is 0 Å². The number of hydrogen-bond acceptors (Lipinski definition) is 7. The molecule has 10 heteroatoms. The third-order valence-corrected chi connectivity index (χ3v) is 6.01. The second-order valence-corrected chi connectivity index (χ2v) is 9.03. The maximum atomic E-state index is 13.6. The lowest BCUT2D eigenvalue weighted by Crippen LogP contribution is -2.58. The van der Waals surface area contributed by atoms with Gasteiger partial charge in [-0.1, -0.05) is 44.0 Å². The average Bonchev–Trinajstić information content (AvgIpc) is 3.40. The molecule has 1 aromatic carbocycles. The van der Waals surface area contributed by atoms with Gasteiger partial charge in [0.05, 0.1) is 12.6 Å². The number of anilines is 1. The van der Waals surface area contributed by atoms with Crippen molar-refractivity contribution < 1.29 is 24.0 Å². The smallest absolute Gasteiger partial charge is 0.256 e. The van der Waals surface area contributed by atoms with E-state index >= 15 is 0 Å². The number of imide groups is 2. The van der Waals surface area contributed by atoms with E-state index in [9.17, 15) is 24.0 Å². The maximum absolute atomic E-state index is 13.6. The molecule has 2 rings (SSSR count). The standard InChI is InChI=1S/C26H37N5O5/c1-5-6-9-21(24(34)29-19-12-10-18(4)11-13-19)31(26(36)20-8-7-14-28-20)23(33)16-30(22(32)15-27)25(35)17(2)3/h10-13,20-21,28H,2,5-9,14-16,27H2,1,3-4H3,(H,29,34). The molecule has 1 fully saturated rings. The fourth-order valence-corrected chi connectivity index (χ4v) is 3.98. The molecule has 0 bridgehead atoms. The topological polar surface area (TPSA) is 142 Å². The van der Waals surface area contributed by atoms with E-state index in [1.54, 1.807) is 12.1 Å². The van der Waals surface area contributed by atoms with E-state index in [2.05, 4.69) is 17.2 Å². The molecule has 0 aliphatic carbocycles. The lowest BCUT2D eigenvalue weighted by molar-refractivity contribution is -0.156. The summed E-state index contributed by atoms with van der Waals surface area (Å²) in [6.45, 7) is 8.21. The minimum absolute atomic E-state index is 0.0413. The first-order valence-corrected chi connectivity index (χ1v) is 12.3. The van der Waals surface area contributed by atoms with Crippen LogP contribution in [0.4, 0.5) is 5.69 Å². The zero-order valence-electron chi connectivity index (χ0n) is 21.3. The van der Waals surface area contributed by atoms with Gasteiger partial charge in [0.2, 0.25) is 23.6 Å². The summed E-state index contributed by atoms with van der Waals surface area (Å²) in [7, 11) is 0. The molecular weight excluding hydrogens is 462 g/mol. The molecular formula is C26H37N5O5. The first-order chi connectivity index (χ1) is 17.1. The number of nitrogens with zero attached hydrogens (tertiary/aromatic N) is 2. The Morgan fingerprint density at radius 2 is 1.83 bits per heavy atom. The van der Waals surface area contributed by atoms with Gasteiger partial charge in [0, 0.05) is 11.3 Å². The summed E-state index contributed by atoms with van der Waals surface area (Å²) < 4.78 is 0. The Balaban J connectivity index is 2.43. The summed E-state index contributed by atoms with van der Waals surface area (Å²) in [6, 6.07) is 5.40. The molecule has 196 valence electrons. The van der Waals surface area contributed by atoms with Crippen LogP contribution in [0.25, 0.3) is 0 Å². The van der Waals surface area contributed by atoms with Crippen LogP contribution in [0.15, 0.2) is 36.4 Å². The van der Waals surface area contributed by atoms with Crippen LogP contribution in [0.5, 0.6) is 0 Å². The van der Waals surface area contributed by atoms with Crippen LogP contribution in [0.1, 0.15) is 51.5 Å². The second-order valence-electron chi connectivity index (χ2n) is 9.03. The summed E-state index contributed by atoms with van der Waals surface area (Å²) >= 11 is 0. The van der Waals surface area contributed by atoms with Crippen molar-refractivity contribution in [1.82, 2.24) is 15.1 Å². The number of hydrogen-bond donors (Lipinski definition) is 3. The second kappa shape index (κ2) is 13.6. The number of unbranched alkanes of at least 4 members (excludes halogenated alkanes) is 1. The summed E-state index contributed by atoms with van der Waals surface area (Å²) in [4.78, 5) is 67.1. The average molecular weight is 500 g/mol. The first kappa shape index (κ1) is 28.9. The molecule has 1 heterocycles. The molecule has 1 aromatic rings. The Bertz CT molecular complexity index is 985. The highest BCUT2D eigenvalue weighted by Gasteiger charge is 2.40. The van der Waals surface area contributed by atoms with E-state index in [0.717, 1.165) is 23.3 Å². The van der Waals surface area contributed by atoms with Gasteiger partial charge in [0.25, 0.3) is 5.91 Å². The Morgan fingerprint density at radius 3 is 2.36 bits per heavy atom. The van der Waals surface area contributed by atoms with Crippen LogP contribution in [0.3, 0.4) is 0 Å². The Morgan fingerprint density at radius 1 is 1.17 bits per heavy atom. The SMILES string of the molecule is C=C(C)C(=O)N(CC(=O)N(C(=O)C1CCCN1)C(CCCC)C(=O)Nc1ccc(C)cc1)C(=O)CN. The van der Waals surface area contributed by atoms with Gasteiger partial charge >= 0.3 is 0 Å². The summed E-state index contributed by atoms with van der Waals surface area (Å²) in [6.07, 6.45) is 2.81. The van der Waals surface area contributed by atoms with E-state index in [1.807, 2.05) is 26.0 Å². The van der Waals surface area contributed by atoms with Crippen LogP contribution in [0.2, 0.25) is 0 Å². The van der Waals surface area contributed by atoms with Gasteiger partial charge in [0.1, 0.15) is 12.6 Å². The van der Waals surface area contributed by atoms with Crippen LogP contribution in [-0.4, -0.2) is 71.1 Å². The van der Waals surface area contributed by atoms with Crippen LogP contribution in [-0.2, 0) is 24.0 Å². The normalized spacial score (nSPS) is 15.6. The number of benzene rings is 1. The third kappa shape index (κ3) is 7.56. The summed E-state index contributed by atoms with van der Waals surface area (Å²) in [5.41, 5.74) is 7.04. The minimum atomic E-state index is -1.12. The van der Waals surface area contributed by atoms with Gasteiger partial charge in [-0.15, -0.1) is 0 Å².